The molecule has 0 aromatic heterocycles. The van der Waals surface area contributed by atoms with Crippen molar-refractivity contribution < 1.29 is 14.7 Å². The molecule has 0 saturated heterocycles. The minimum atomic E-state index is -0.746. The first-order valence-corrected chi connectivity index (χ1v) is 6.16. The lowest BCUT2D eigenvalue weighted by molar-refractivity contribution is -0.141. The second kappa shape index (κ2) is 4.44. The molecule has 4 heteroatoms. The van der Waals surface area contributed by atoms with E-state index in [-0.39, 0.29) is 17.7 Å². The zero-order valence-corrected chi connectivity index (χ0v) is 9.69. The van der Waals surface area contributed by atoms with Crippen LogP contribution in [-0.4, -0.2) is 34.5 Å². The van der Waals surface area contributed by atoms with E-state index >= 15 is 0 Å². The third kappa shape index (κ3) is 2.20. The SMILES string of the molecule is CCN(C(=O)[C@@H]1CC[C@H](C(=O)O)C1)C1CC1. The normalized spacial score (nSPS) is 29.1. The molecule has 0 aliphatic heterocycles. The first kappa shape index (κ1) is 11.4. The third-order valence-electron chi connectivity index (χ3n) is 3.74. The van der Waals surface area contributed by atoms with Crippen LogP contribution >= 0.6 is 0 Å². The summed E-state index contributed by atoms with van der Waals surface area (Å²) in [5.74, 6) is -0.896. The van der Waals surface area contributed by atoms with Gasteiger partial charge >= 0.3 is 5.97 Å². The highest BCUT2D eigenvalue weighted by molar-refractivity contribution is 5.81. The van der Waals surface area contributed by atoms with Crippen LogP contribution in [0.25, 0.3) is 0 Å². The van der Waals surface area contributed by atoms with E-state index in [4.69, 9.17) is 5.11 Å². The molecule has 4 nitrogen and oxygen atoms in total. The summed E-state index contributed by atoms with van der Waals surface area (Å²) < 4.78 is 0. The maximum absolute atomic E-state index is 12.2. The summed E-state index contributed by atoms with van der Waals surface area (Å²) in [5, 5.41) is 8.91. The topological polar surface area (TPSA) is 57.6 Å². The predicted molar refractivity (Wildman–Crippen MR) is 58.9 cm³/mol. The van der Waals surface area contributed by atoms with Gasteiger partial charge in [-0.25, -0.2) is 0 Å². The molecular formula is C12H19NO3. The van der Waals surface area contributed by atoms with Crippen LogP contribution in [0, 0.1) is 11.8 Å². The number of carbonyl (C=O) groups excluding carboxylic acids is 1. The maximum Gasteiger partial charge on any atom is 0.306 e. The van der Waals surface area contributed by atoms with Crippen molar-refractivity contribution in [3.05, 3.63) is 0 Å². The Labute approximate surface area is 95.6 Å². The number of amides is 1. The van der Waals surface area contributed by atoms with Crippen molar-refractivity contribution in [3.63, 3.8) is 0 Å². The van der Waals surface area contributed by atoms with Crippen LogP contribution in [-0.2, 0) is 9.59 Å². The van der Waals surface area contributed by atoms with E-state index in [0.29, 0.717) is 18.9 Å². The lowest BCUT2D eigenvalue weighted by Gasteiger charge is -2.23. The average molecular weight is 225 g/mol. The fourth-order valence-electron chi connectivity index (χ4n) is 2.64. The average Bonchev–Trinajstić information content (AvgIpc) is 2.96. The van der Waals surface area contributed by atoms with Crippen molar-refractivity contribution in [2.75, 3.05) is 6.54 Å². The molecule has 0 heterocycles. The Morgan fingerprint density at radius 1 is 1.19 bits per heavy atom. The van der Waals surface area contributed by atoms with Gasteiger partial charge in [0.05, 0.1) is 5.92 Å². The van der Waals surface area contributed by atoms with Gasteiger partial charge in [-0.05, 0) is 39.0 Å². The highest BCUT2D eigenvalue weighted by Gasteiger charge is 2.39. The van der Waals surface area contributed by atoms with Gasteiger partial charge in [0.25, 0.3) is 0 Å². The standard InChI is InChI=1S/C12H19NO3/c1-2-13(10-5-6-10)11(14)8-3-4-9(7-8)12(15)16/h8-10H,2-7H2,1H3,(H,15,16)/t8-,9+/m1/s1. The number of rotatable bonds is 4. The van der Waals surface area contributed by atoms with Crippen molar-refractivity contribution in [3.8, 4) is 0 Å². The molecule has 2 atom stereocenters. The molecule has 2 rings (SSSR count). The molecule has 0 bridgehead atoms. The number of carboxylic acids is 1. The van der Waals surface area contributed by atoms with E-state index in [1.165, 1.54) is 0 Å². The van der Waals surface area contributed by atoms with E-state index in [2.05, 4.69) is 0 Å². The molecule has 0 spiro atoms. The molecule has 0 aromatic rings. The minimum absolute atomic E-state index is 0.0401. The molecule has 90 valence electrons. The van der Waals surface area contributed by atoms with Crippen molar-refractivity contribution in [2.45, 2.75) is 45.1 Å². The summed E-state index contributed by atoms with van der Waals surface area (Å²) >= 11 is 0. The summed E-state index contributed by atoms with van der Waals surface area (Å²) in [6, 6.07) is 0.446. The Hall–Kier alpha value is -1.06. The molecule has 2 fully saturated rings. The Balaban J connectivity index is 1.92. The number of nitrogens with zero attached hydrogens (tertiary/aromatic N) is 1. The van der Waals surface area contributed by atoms with Gasteiger partial charge in [0, 0.05) is 18.5 Å². The lowest BCUT2D eigenvalue weighted by Crippen LogP contribution is -2.37. The molecule has 2 aliphatic carbocycles. The van der Waals surface area contributed by atoms with Crippen LogP contribution in [0.1, 0.15) is 39.0 Å². The Morgan fingerprint density at radius 2 is 1.81 bits per heavy atom. The fourth-order valence-corrected chi connectivity index (χ4v) is 2.64. The molecule has 1 N–H and O–H groups in total. The van der Waals surface area contributed by atoms with Gasteiger partial charge in [0.15, 0.2) is 0 Å². The number of aliphatic carboxylic acids is 1. The zero-order chi connectivity index (χ0) is 11.7. The Kier molecular flexibility index (Phi) is 3.17. The van der Waals surface area contributed by atoms with Crippen molar-refractivity contribution in [1.29, 1.82) is 0 Å². The molecule has 1 amide bonds. The summed E-state index contributed by atoms with van der Waals surface area (Å²) in [5.41, 5.74) is 0. The second-order valence-corrected chi connectivity index (χ2v) is 4.90. The summed E-state index contributed by atoms with van der Waals surface area (Å²) in [4.78, 5) is 24.9. The van der Waals surface area contributed by atoms with Gasteiger partial charge in [0.2, 0.25) is 5.91 Å². The smallest absolute Gasteiger partial charge is 0.306 e. The molecule has 0 radical (unpaired) electrons. The van der Waals surface area contributed by atoms with Crippen LogP contribution in [0.3, 0.4) is 0 Å². The summed E-state index contributed by atoms with van der Waals surface area (Å²) in [6.07, 6.45) is 4.19. The van der Waals surface area contributed by atoms with Crippen LogP contribution in [0.2, 0.25) is 0 Å². The van der Waals surface area contributed by atoms with E-state index < -0.39 is 5.97 Å². The number of hydrogen-bond donors (Lipinski definition) is 1. The fraction of sp³-hybridized carbons (Fsp3) is 0.833. The molecule has 0 unspecified atom stereocenters. The quantitative estimate of drug-likeness (QED) is 0.788. The number of carbonyl (C=O) groups is 2. The summed E-state index contributed by atoms with van der Waals surface area (Å²) in [6.45, 7) is 2.76. The highest BCUT2D eigenvalue weighted by Crippen LogP contribution is 2.35. The van der Waals surface area contributed by atoms with Crippen molar-refractivity contribution in [1.82, 2.24) is 4.90 Å². The van der Waals surface area contributed by atoms with Crippen LogP contribution in [0.4, 0.5) is 0 Å². The van der Waals surface area contributed by atoms with Crippen LogP contribution in [0.5, 0.6) is 0 Å². The van der Waals surface area contributed by atoms with E-state index in [0.717, 1.165) is 25.8 Å². The highest BCUT2D eigenvalue weighted by atomic mass is 16.4. The maximum atomic E-state index is 12.2. The molecule has 2 saturated carbocycles. The van der Waals surface area contributed by atoms with Gasteiger partial charge in [-0.15, -0.1) is 0 Å². The summed E-state index contributed by atoms with van der Waals surface area (Å²) in [7, 11) is 0. The molecule has 2 aliphatic rings. The largest absolute Gasteiger partial charge is 0.481 e. The minimum Gasteiger partial charge on any atom is -0.481 e. The monoisotopic (exact) mass is 225 g/mol. The van der Waals surface area contributed by atoms with E-state index in [1.807, 2.05) is 11.8 Å². The number of hydrogen-bond acceptors (Lipinski definition) is 2. The third-order valence-corrected chi connectivity index (χ3v) is 3.74. The van der Waals surface area contributed by atoms with Crippen LogP contribution < -0.4 is 0 Å². The zero-order valence-electron chi connectivity index (χ0n) is 9.69. The van der Waals surface area contributed by atoms with Gasteiger partial charge < -0.3 is 10.0 Å². The molecular weight excluding hydrogens is 206 g/mol. The van der Waals surface area contributed by atoms with Crippen molar-refractivity contribution >= 4 is 11.9 Å². The van der Waals surface area contributed by atoms with Crippen LogP contribution in [0.15, 0.2) is 0 Å². The Morgan fingerprint density at radius 3 is 2.25 bits per heavy atom. The molecule has 0 aromatic carbocycles. The second-order valence-electron chi connectivity index (χ2n) is 4.90. The lowest BCUT2D eigenvalue weighted by atomic mass is 10.0. The van der Waals surface area contributed by atoms with Gasteiger partial charge in [-0.2, -0.15) is 0 Å². The number of carboxylic acid groups (broad SMARTS) is 1. The van der Waals surface area contributed by atoms with Gasteiger partial charge in [0.1, 0.15) is 0 Å². The first-order chi connectivity index (χ1) is 7.63. The Bertz CT molecular complexity index is 299. The van der Waals surface area contributed by atoms with Gasteiger partial charge in [-0.3, -0.25) is 9.59 Å². The van der Waals surface area contributed by atoms with E-state index in [9.17, 15) is 9.59 Å². The van der Waals surface area contributed by atoms with E-state index in [1.54, 1.807) is 0 Å². The van der Waals surface area contributed by atoms with Gasteiger partial charge in [-0.1, -0.05) is 0 Å². The van der Waals surface area contributed by atoms with Crippen molar-refractivity contribution in [2.24, 2.45) is 11.8 Å². The molecule has 16 heavy (non-hydrogen) atoms. The predicted octanol–water partition coefficient (Wildman–Crippen LogP) is 1.50. The first-order valence-electron chi connectivity index (χ1n) is 6.16.